The number of thioether (sulfide) groups is 3. The summed E-state index contributed by atoms with van der Waals surface area (Å²) in [5, 5.41) is 27.2. The van der Waals surface area contributed by atoms with Gasteiger partial charge in [0.05, 0.1) is 61.8 Å². The molecular weight excluding hydrogens is 1200 g/mol. The van der Waals surface area contributed by atoms with Gasteiger partial charge in [-0.2, -0.15) is 28.8 Å². The number of esters is 3. The summed E-state index contributed by atoms with van der Waals surface area (Å²) in [6.07, 6.45) is 4.34. The van der Waals surface area contributed by atoms with Crippen LogP contribution in [0.15, 0.2) is 18.2 Å². The van der Waals surface area contributed by atoms with E-state index in [-0.39, 0.29) is 96.0 Å². The van der Waals surface area contributed by atoms with Crippen LogP contribution in [-0.2, 0) is 42.2 Å². The first-order chi connectivity index (χ1) is 42.8. The molecule has 0 aromatic heterocycles. The summed E-state index contributed by atoms with van der Waals surface area (Å²) >= 11 is 5.10. The Morgan fingerprint density at radius 1 is 0.764 bits per heavy atom. The van der Waals surface area contributed by atoms with Crippen LogP contribution in [-0.4, -0.2) is 163 Å². The summed E-state index contributed by atoms with van der Waals surface area (Å²) in [6, 6.07) is 4.72. The quantitative estimate of drug-likeness (QED) is 0.0330. The van der Waals surface area contributed by atoms with Gasteiger partial charge in [0.1, 0.15) is 24.0 Å². The fraction of sp³-hybridized carbons (Fsp3) is 0.603. The fourth-order valence-electron chi connectivity index (χ4n) is 15.4. The molecule has 4 bridgehead atoms. The van der Waals surface area contributed by atoms with Crippen LogP contribution in [0, 0.1) is 25.2 Å². The van der Waals surface area contributed by atoms with E-state index in [2.05, 4.69) is 48.5 Å². The Balaban J connectivity index is 0.902. The van der Waals surface area contributed by atoms with Crippen molar-refractivity contribution < 1.29 is 71.4 Å². The smallest absolute Gasteiger partial charge is 0.493 e. The molecule has 0 radical (unpaired) electrons. The van der Waals surface area contributed by atoms with Gasteiger partial charge < -0.3 is 63.9 Å². The minimum absolute atomic E-state index is 0.0257. The Morgan fingerprint density at radius 3 is 2.07 bits per heavy atom. The molecule has 0 aliphatic carbocycles. The SMILES string of the molecule is COc1cc2c(cc1OC(=O)OC(C)(C)C)CCN[C@]21CS[C@@H]2c3c(OC(=O)CCCC[C@@H]4SCC5NC(=O)NC54)c(C)c4c(c3[C@H](COC1=O)N1C2[C@H]2c3c(cc(C)c(OC)c3OC(=O)CCCC[C@@H]3SCC5NC(=O)NC53)C[C@@H]([C@@H]1C#N)N2C)OCO4. The molecule has 0 saturated carbocycles. The van der Waals surface area contributed by atoms with Crippen molar-refractivity contribution in [2.24, 2.45) is 0 Å². The normalized spacial score (nSPS) is 30.2. The molecule has 11 heterocycles. The van der Waals surface area contributed by atoms with Crippen LogP contribution in [0.1, 0.15) is 134 Å². The second-order valence-electron chi connectivity index (χ2n) is 25.7. The number of urea groups is 2. The number of nitrogens with zero attached hydrogens (tertiary/aromatic N) is 3. The molecule has 5 N–H and O–H groups in total. The molecule has 3 aromatic carbocycles. The van der Waals surface area contributed by atoms with Crippen LogP contribution in [0.3, 0.4) is 0 Å². The fourth-order valence-corrected chi connectivity index (χ4v) is 20.2. The van der Waals surface area contributed by atoms with E-state index >= 15 is 4.79 Å². The highest BCUT2D eigenvalue weighted by Gasteiger charge is 2.62. The van der Waals surface area contributed by atoms with Gasteiger partial charge in [-0.3, -0.25) is 24.7 Å². The third kappa shape index (κ3) is 11.0. The highest BCUT2D eigenvalue weighted by molar-refractivity contribution is 8.00. The highest BCUT2D eigenvalue weighted by atomic mass is 32.2. The number of methoxy groups -OCH3 is 2. The molecule has 3 aromatic rings. The molecule has 4 amide bonds. The maximum atomic E-state index is 15.6. The third-order valence-electron chi connectivity index (χ3n) is 19.3. The minimum atomic E-state index is -1.54. The average Bonchev–Trinajstić information content (AvgIpc) is 1.53. The largest absolute Gasteiger partial charge is 0.514 e. The average molecular weight is 1280 g/mol. The molecule has 11 aliphatic heterocycles. The van der Waals surface area contributed by atoms with Crippen LogP contribution < -0.4 is 59.7 Å². The number of carbonyl (C=O) groups is 6. The number of carbonyl (C=O) groups excluding carboxylic acids is 6. The zero-order chi connectivity index (χ0) is 62.4. The van der Waals surface area contributed by atoms with Gasteiger partial charge in [0.15, 0.2) is 40.0 Å². The summed E-state index contributed by atoms with van der Waals surface area (Å²) in [7, 11) is 5.02. The monoisotopic (exact) mass is 1280 g/mol. The Labute approximate surface area is 529 Å². The predicted molar refractivity (Wildman–Crippen MR) is 329 cm³/mol. The van der Waals surface area contributed by atoms with Gasteiger partial charge in [0.25, 0.3) is 0 Å². The number of likely N-dealkylation sites (N-methyl/N-ethyl adjacent to an activating group) is 1. The number of benzene rings is 3. The topological polar surface area (TPSA) is 276 Å². The van der Waals surface area contributed by atoms with E-state index in [1.165, 1.54) is 18.9 Å². The molecule has 476 valence electrons. The Hall–Kier alpha value is -6.50. The molecule has 26 heteroatoms. The van der Waals surface area contributed by atoms with Gasteiger partial charge in [-0.05, 0) is 115 Å². The lowest BCUT2D eigenvalue weighted by molar-refractivity contribution is -0.157. The van der Waals surface area contributed by atoms with Crippen molar-refractivity contribution in [3.63, 3.8) is 0 Å². The van der Waals surface area contributed by atoms with E-state index < -0.39 is 70.7 Å². The van der Waals surface area contributed by atoms with E-state index in [4.69, 9.17) is 42.6 Å². The van der Waals surface area contributed by atoms with E-state index in [0.717, 1.165) is 53.9 Å². The summed E-state index contributed by atoms with van der Waals surface area (Å²) in [5.41, 5.74) is 3.01. The number of hydrogen-bond donors (Lipinski definition) is 5. The molecule has 89 heavy (non-hydrogen) atoms. The number of hydrogen-bond acceptors (Lipinski definition) is 22. The molecule has 1 spiro atoms. The second-order valence-corrected chi connectivity index (χ2v) is 29.4. The number of ether oxygens (including phenoxy) is 9. The van der Waals surface area contributed by atoms with Gasteiger partial charge in [-0.25, -0.2) is 19.2 Å². The summed E-state index contributed by atoms with van der Waals surface area (Å²) in [6.45, 7) is 8.90. The van der Waals surface area contributed by atoms with Crippen LogP contribution in [0.25, 0.3) is 0 Å². The number of aryl methyl sites for hydroxylation is 1. The molecule has 23 nitrogen and oxygen atoms in total. The van der Waals surface area contributed by atoms with Crippen LogP contribution in [0.5, 0.6) is 40.2 Å². The van der Waals surface area contributed by atoms with Gasteiger partial charge in [-0.1, -0.05) is 18.9 Å². The zero-order valence-corrected chi connectivity index (χ0v) is 53.6. The van der Waals surface area contributed by atoms with E-state index in [9.17, 15) is 29.2 Å². The number of nitrogens with one attached hydrogen (secondary N) is 5. The lowest BCUT2D eigenvalue weighted by Crippen LogP contribution is -2.69. The van der Waals surface area contributed by atoms with Crippen LogP contribution in [0.2, 0.25) is 0 Å². The number of nitriles is 1. The van der Waals surface area contributed by atoms with Crippen molar-refractivity contribution >= 4 is 71.4 Å². The number of piperazine rings is 1. The molecule has 5 unspecified atom stereocenters. The summed E-state index contributed by atoms with van der Waals surface area (Å²) in [4.78, 5) is 86.6. The number of rotatable bonds is 15. The lowest BCUT2D eigenvalue weighted by Gasteiger charge is -2.62. The third-order valence-corrected chi connectivity index (χ3v) is 23.8. The molecule has 11 aliphatic rings. The minimum Gasteiger partial charge on any atom is -0.493 e. The van der Waals surface area contributed by atoms with Crippen molar-refractivity contribution in [2.45, 2.75) is 180 Å². The molecule has 14 rings (SSSR count). The van der Waals surface area contributed by atoms with Gasteiger partial charge >= 0.3 is 36.1 Å². The second kappa shape index (κ2) is 24.3. The summed E-state index contributed by atoms with van der Waals surface area (Å²) in [5.74, 6) is 2.29. The van der Waals surface area contributed by atoms with Crippen molar-refractivity contribution in [3.05, 3.63) is 62.7 Å². The van der Waals surface area contributed by atoms with Crippen molar-refractivity contribution in [1.29, 1.82) is 5.26 Å². The lowest BCUT2D eigenvalue weighted by atomic mass is 9.71. The first-order valence-corrected chi connectivity index (χ1v) is 33.9. The van der Waals surface area contributed by atoms with E-state index in [0.29, 0.717) is 83.0 Å². The van der Waals surface area contributed by atoms with Crippen molar-refractivity contribution in [2.75, 3.05) is 58.5 Å². The first kappa shape index (κ1) is 61.4. The van der Waals surface area contributed by atoms with E-state index in [1.54, 1.807) is 40.0 Å². The maximum absolute atomic E-state index is 15.6. The number of unbranched alkanes of at least 4 members (excludes halogenated alkanes) is 2. The number of fused-ring (bicyclic) bond motifs is 11. The molecule has 6 saturated heterocycles. The van der Waals surface area contributed by atoms with Crippen LogP contribution >= 0.6 is 35.3 Å². The molecular formula is C63H76N8O15S3. The zero-order valence-electron chi connectivity index (χ0n) is 51.2. The van der Waals surface area contributed by atoms with Gasteiger partial charge in [0, 0.05) is 81.5 Å². The summed E-state index contributed by atoms with van der Waals surface area (Å²) < 4.78 is 56.4. The van der Waals surface area contributed by atoms with Gasteiger partial charge in [0.2, 0.25) is 6.79 Å². The van der Waals surface area contributed by atoms with E-state index in [1.807, 2.05) is 44.4 Å². The Morgan fingerprint density at radius 2 is 1.43 bits per heavy atom. The van der Waals surface area contributed by atoms with Crippen molar-refractivity contribution in [1.82, 2.24) is 36.4 Å². The van der Waals surface area contributed by atoms with Crippen molar-refractivity contribution in [3.8, 4) is 46.3 Å². The Kier molecular flexibility index (Phi) is 16.7. The maximum Gasteiger partial charge on any atom is 0.514 e. The Bertz CT molecular complexity index is 3450. The van der Waals surface area contributed by atoms with Gasteiger partial charge in [-0.15, -0.1) is 11.8 Å². The molecule has 6 fully saturated rings. The standard InChI is InChI=1S/C63H76N8O15S3/c1-29-19-32-20-36-37(23-64)71-38-24-80-58(74)63(33-22-39(78-7)40(21-31(33)17-18-65-63)83-61(77)86-62(3,4)5)27-89-57(47-46(38)55-54(81-28-82-55)30(2)53(47)84-43(72)15-11-9-13-41-48-34(25-87-41)66-59(75)68-48)51(71)50(70(36)6)45(32)56(52(29)79-8)85-44(73)16-12-10-14-42-49-35(26-88-42)67-60(76)69-49/h19,21-22,34-38,41-42,48-51,57,65H,9-18,20,24-28H2,1-8H3,(H2,66,68,75)(H2,67,69,76)/t34?,35?,36-,37-,38-,41-,42-,48?,49?,50+,51?,57+,63+/m0/s1. The first-order valence-electron chi connectivity index (χ1n) is 30.8. The van der Waals surface area contributed by atoms with Crippen LogP contribution in [0.4, 0.5) is 14.4 Å². The molecule has 13 atom stereocenters. The predicted octanol–water partition coefficient (Wildman–Crippen LogP) is 7.23. The highest BCUT2D eigenvalue weighted by Crippen LogP contribution is 2.65. The number of amides is 4.